The second-order valence-corrected chi connectivity index (χ2v) is 8.01. The Balaban J connectivity index is 1.60. The van der Waals surface area contributed by atoms with Crippen molar-refractivity contribution in [1.82, 2.24) is 10.2 Å². The molecular formula is C24H30N2O4. The highest BCUT2D eigenvalue weighted by molar-refractivity contribution is 5.80. The van der Waals surface area contributed by atoms with Crippen LogP contribution in [-0.4, -0.2) is 45.2 Å². The molecule has 0 spiro atoms. The molecule has 1 saturated carbocycles. The third-order valence-corrected chi connectivity index (χ3v) is 6.08. The van der Waals surface area contributed by atoms with Crippen molar-refractivity contribution in [2.75, 3.05) is 34.4 Å². The summed E-state index contributed by atoms with van der Waals surface area (Å²) in [6, 6.07) is 12.4. The van der Waals surface area contributed by atoms with E-state index in [2.05, 4.69) is 34.5 Å². The van der Waals surface area contributed by atoms with Gasteiger partial charge in [-0.2, -0.15) is 0 Å². The summed E-state index contributed by atoms with van der Waals surface area (Å²) in [5.41, 5.74) is 3.67. The Morgan fingerprint density at radius 2 is 1.73 bits per heavy atom. The SMILES string of the molecule is COc1ccc(CN2CCc3cc(OC)c(OC)cc3[C@H]2CNC(=O)C2CC2)cc1. The fourth-order valence-corrected chi connectivity index (χ4v) is 4.16. The van der Waals surface area contributed by atoms with Crippen LogP contribution in [0.25, 0.3) is 0 Å². The summed E-state index contributed by atoms with van der Waals surface area (Å²) >= 11 is 0. The van der Waals surface area contributed by atoms with Crippen LogP contribution < -0.4 is 19.5 Å². The van der Waals surface area contributed by atoms with E-state index in [4.69, 9.17) is 14.2 Å². The lowest BCUT2D eigenvalue weighted by Crippen LogP contribution is -2.42. The summed E-state index contributed by atoms with van der Waals surface area (Å²) in [6.07, 6.45) is 2.94. The molecule has 0 aromatic heterocycles. The van der Waals surface area contributed by atoms with Crippen LogP contribution in [-0.2, 0) is 17.8 Å². The van der Waals surface area contributed by atoms with E-state index in [9.17, 15) is 4.79 Å². The first-order valence-corrected chi connectivity index (χ1v) is 10.5. The van der Waals surface area contributed by atoms with Crippen LogP contribution in [0.1, 0.15) is 35.6 Å². The number of rotatable bonds is 8. The molecule has 0 radical (unpaired) electrons. The maximum Gasteiger partial charge on any atom is 0.223 e. The fourth-order valence-electron chi connectivity index (χ4n) is 4.16. The highest BCUT2D eigenvalue weighted by atomic mass is 16.5. The number of nitrogens with zero attached hydrogens (tertiary/aromatic N) is 1. The van der Waals surface area contributed by atoms with Gasteiger partial charge < -0.3 is 19.5 Å². The second-order valence-electron chi connectivity index (χ2n) is 8.01. The summed E-state index contributed by atoms with van der Waals surface area (Å²) in [4.78, 5) is 14.8. The molecule has 2 aromatic carbocycles. The van der Waals surface area contributed by atoms with Crippen LogP contribution >= 0.6 is 0 Å². The van der Waals surface area contributed by atoms with Crippen molar-refractivity contribution in [3.8, 4) is 17.2 Å². The van der Waals surface area contributed by atoms with Gasteiger partial charge in [0.2, 0.25) is 5.91 Å². The average molecular weight is 411 g/mol. The Kier molecular flexibility index (Phi) is 6.13. The molecule has 6 heteroatoms. The van der Waals surface area contributed by atoms with Crippen molar-refractivity contribution in [2.45, 2.75) is 31.8 Å². The lowest BCUT2D eigenvalue weighted by Gasteiger charge is -2.38. The molecule has 0 bridgehead atoms. The van der Waals surface area contributed by atoms with Crippen molar-refractivity contribution in [2.24, 2.45) is 5.92 Å². The number of amides is 1. The van der Waals surface area contributed by atoms with E-state index < -0.39 is 0 Å². The monoisotopic (exact) mass is 410 g/mol. The molecule has 1 fully saturated rings. The molecule has 4 rings (SSSR count). The highest BCUT2D eigenvalue weighted by Gasteiger charge is 2.33. The van der Waals surface area contributed by atoms with E-state index in [1.165, 1.54) is 16.7 Å². The Labute approximate surface area is 178 Å². The Morgan fingerprint density at radius 3 is 2.37 bits per heavy atom. The van der Waals surface area contributed by atoms with Gasteiger partial charge in [0.15, 0.2) is 11.5 Å². The first-order valence-electron chi connectivity index (χ1n) is 10.5. The first kappa shape index (κ1) is 20.5. The number of nitrogens with one attached hydrogen (secondary N) is 1. The zero-order valence-corrected chi connectivity index (χ0v) is 17.9. The van der Waals surface area contributed by atoms with Gasteiger partial charge in [-0.15, -0.1) is 0 Å². The number of hydrogen-bond acceptors (Lipinski definition) is 5. The lowest BCUT2D eigenvalue weighted by atomic mass is 9.91. The minimum atomic E-state index is 0.0818. The number of benzene rings is 2. The van der Waals surface area contributed by atoms with Crippen molar-refractivity contribution in [1.29, 1.82) is 0 Å². The Bertz CT molecular complexity index is 893. The largest absolute Gasteiger partial charge is 0.497 e. The smallest absolute Gasteiger partial charge is 0.223 e. The third kappa shape index (κ3) is 4.38. The van der Waals surface area contributed by atoms with Crippen molar-refractivity contribution < 1.29 is 19.0 Å². The maximum absolute atomic E-state index is 12.3. The van der Waals surface area contributed by atoms with Crippen molar-refractivity contribution >= 4 is 5.91 Å². The number of ether oxygens (including phenoxy) is 3. The minimum absolute atomic E-state index is 0.0818. The molecule has 160 valence electrons. The van der Waals surface area contributed by atoms with Crippen LogP contribution in [0.2, 0.25) is 0 Å². The zero-order valence-electron chi connectivity index (χ0n) is 17.9. The molecule has 6 nitrogen and oxygen atoms in total. The number of carbonyl (C=O) groups is 1. The predicted molar refractivity (Wildman–Crippen MR) is 115 cm³/mol. The summed E-state index contributed by atoms with van der Waals surface area (Å²) in [5, 5.41) is 3.18. The third-order valence-electron chi connectivity index (χ3n) is 6.08. The van der Waals surface area contributed by atoms with Crippen molar-refractivity contribution in [3.05, 3.63) is 53.1 Å². The molecule has 0 unspecified atom stereocenters. The average Bonchev–Trinajstić information content (AvgIpc) is 3.63. The van der Waals surface area contributed by atoms with E-state index in [0.29, 0.717) is 6.54 Å². The Hall–Kier alpha value is -2.73. The molecule has 1 aliphatic heterocycles. The summed E-state index contributed by atoms with van der Waals surface area (Å²) in [7, 11) is 5.00. The number of hydrogen-bond donors (Lipinski definition) is 1. The van der Waals surface area contributed by atoms with Crippen LogP contribution in [0.4, 0.5) is 0 Å². The number of fused-ring (bicyclic) bond motifs is 1. The second kappa shape index (κ2) is 8.96. The van der Waals surface area contributed by atoms with Crippen LogP contribution in [0.5, 0.6) is 17.2 Å². The van der Waals surface area contributed by atoms with Crippen LogP contribution in [0.3, 0.4) is 0 Å². The molecule has 1 aliphatic carbocycles. The van der Waals surface area contributed by atoms with Gasteiger partial charge in [-0.1, -0.05) is 12.1 Å². The molecule has 0 saturated heterocycles. The standard InChI is InChI=1S/C24H30N2O4/c1-28-19-8-4-16(5-9-19)15-26-11-10-18-12-22(29-2)23(30-3)13-20(18)21(26)14-25-24(27)17-6-7-17/h4-5,8-9,12-13,17,21H,6-7,10-11,14-15H2,1-3H3,(H,25,27)/t21-/m1/s1. The van der Waals surface area contributed by atoms with Crippen LogP contribution in [0.15, 0.2) is 36.4 Å². The van der Waals surface area contributed by atoms with Gasteiger partial charge in [-0.3, -0.25) is 9.69 Å². The number of carbonyl (C=O) groups excluding carboxylic acids is 1. The van der Waals surface area contributed by atoms with E-state index in [-0.39, 0.29) is 17.9 Å². The fraction of sp³-hybridized carbons (Fsp3) is 0.458. The van der Waals surface area contributed by atoms with E-state index in [1.807, 2.05) is 12.1 Å². The van der Waals surface area contributed by atoms with E-state index >= 15 is 0 Å². The molecule has 1 amide bonds. The van der Waals surface area contributed by atoms with Crippen molar-refractivity contribution in [3.63, 3.8) is 0 Å². The predicted octanol–water partition coefficient (Wildman–Crippen LogP) is 3.34. The molecular weight excluding hydrogens is 380 g/mol. The summed E-state index contributed by atoms with van der Waals surface area (Å²) in [5.74, 6) is 2.70. The summed E-state index contributed by atoms with van der Waals surface area (Å²) < 4.78 is 16.3. The number of methoxy groups -OCH3 is 3. The van der Waals surface area contributed by atoms with E-state index in [0.717, 1.165) is 49.6 Å². The molecule has 2 aliphatic rings. The summed E-state index contributed by atoms with van der Waals surface area (Å²) in [6.45, 7) is 2.31. The lowest BCUT2D eigenvalue weighted by molar-refractivity contribution is -0.122. The normalized spacial score (nSPS) is 18.4. The molecule has 1 atom stereocenters. The maximum atomic E-state index is 12.3. The van der Waals surface area contributed by atoms with Gasteiger partial charge in [0.1, 0.15) is 5.75 Å². The Morgan fingerprint density at radius 1 is 1.03 bits per heavy atom. The van der Waals surface area contributed by atoms with Gasteiger partial charge in [0.25, 0.3) is 0 Å². The zero-order chi connectivity index (χ0) is 21.1. The van der Waals surface area contributed by atoms with Gasteiger partial charge in [-0.05, 0) is 60.2 Å². The quantitative estimate of drug-likeness (QED) is 0.723. The van der Waals surface area contributed by atoms with Crippen LogP contribution in [0, 0.1) is 5.92 Å². The van der Waals surface area contributed by atoms with Gasteiger partial charge in [0, 0.05) is 25.6 Å². The first-order chi connectivity index (χ1) is 14.6. The molecule has 1 N–H and O–H groups in total. The molecule has 30 heavy (non-hydrogen) atoms. The highest BCUT2D eigenvalue weighted by Crippen LogP contribution is 2.38. The van der Waals surface area contributed by atoms with E-state index in [1.54, 1.807) is 21.3 Å². The topological polar surface area (TPSA) is 60.0 Å². The molecule has 1 heterocycles. The van der Waals surface area contributed by atoms with Gasteiger partial charge in [0.05, 0.1) is 27.4 Å². The van der Waals surface area contributed by atoms with Gasteiger partial charge >= 0.3 is 0 Å². The molecule has 2 aromatic rings. The minimum Gasteiger partial charge on any atom is -0.497 e. The van der Waals surface area contributed by atoms with Gasteiger partial charge in [-0.25, -0.2) is 0 Å².